The molecule has 0 radical (unpaired) electrons. The lowest BCUT2D eigenvalue weighted by molar-refractivity contribution is 0.189. The predicted octanol–water partition coefficient (Wildman–Crippen LogP) is 2.06. The van der Waals surface area contributed by atoms with Gasteiger partial charge >= 0.3 is 0 Å². The summed E-state index contributed by atoms with van der Waals surface area (Å²) in [6.07, 6.45) is 6.70. The molecule has 2 aliphatic rings. The number of unbranched alkanes of at least 4 members (excludes halogenated alkanes) is 1. The minimum atomic E-state index is 0.00153. The van der Waals surface area contributed by atoms with Crippen molar-refractivity contribution in [2.45, 2.75) is 58.2 Å². The summed E-state index contributed by atoms with van der Waals surface area (Å²) in [6, 6.07) is 4.69. The Hall–Kier alpha value is -2.95. The third-order valence-electron chi connectivity index (χ3n) is 6.67. The Balaban J connectivity index is 1.50. The zero-order chi connectivity index (χ0) is 25.3. The molecule has 1 atom stereocenters. The fourth-order valence-corrected chi connectivity index (χ4v) is 4.69. The van der Waals surface area contributed by atoms with Crippen molar-refractivity contribution in [2.24, 2.45) is 4.99 Å². The molecule has 2 aromatic rings. The number of anilines is 3. The second-order valence-corrected chi connectivity index (χ2v) is 9.32. The molecule has 10 heteroatoms. The van der Waals surface area contributed by atoms with Crippen molar-refractivity contribution in [3.05, 3.63) is 34.5 Å². The number of ether oxygens (including phenoxy) is 2. The fraction of sp³-hybridized carbons (Fsp3) is 0.577. The lowest BCUT2D eigenvalue weighted by Crippen LogP contribution is -2.30. The van der Waals surface area contributed by atoms with Crippen molar-refractivity contribution in [1.29, 1.82) is 0 Å². The van der Waals surface area contributed by atoms with Gasteiger partial charge in [-0.3, -0.25) is 4.99 Å². The molecule has 0 unspecified atom stereocenters. The van der Waals surface area contributed by atoms with E-state index in [0.29, 0.717) is 42.9 Å². The molecule has 10 nitrogen and oxygen atoms in total. The molecule has 36 heavy (non-hydrogen) atoms. The van der Waals surface area contributed by atoms with E-state index in [0.717, 1.165) is 69.7 Å². The molecular weight excluding hydrogens is 458 g/mol. The van der Waals surface area contributed by atoms with Crippen LogP contribution >= 0.6 is 0 Å². The van der Waals surface area contributed by atoms with E-state index in [-0.39, 0.29) is 12.6 Å². The highest BCUT2D eigenvalue weighted by Crippen LogP contribution is 2.33. The highest BCUT2D eigenvalue weighted by molar-refractivity contribution is 5.89. The second-order valence-electron chi connectivity index (χ2n) is 9.32. The van der Waals surface area contributed by atoms with Gasteiger partial charge in [0.25, 0.3) is 0 Å². The van der Waals surface area contributed by atoms with Gasteiger partial charge in [-0.25, -0.2) is 4.98 Å². The van der Waals surface area contributed by atoms with Gasteiger partial charge in [0.1, 0.15) is 17.1 Å². The predicted molar refractivity (Wildman–Crippen MR) is 143 cm³/mol. The number of nitrogen functional groups attached to an aromatic ring is 2. The molecule has 6 N–H and O–H groups in total. The number of nitrogens with one attached hydrogen (secondary N) is 1. The summed E-state index contributed by atoms with van der Waals surface area (Å²) in [6.45, 7) is 6.85. The van der Waals surface area contributed by atoms with Crippen LogP contribution in [0.4, 0.5) is 17.5 Å². The molecule has 1 fully saturated rings. The Labute approximate surface area is 213 Å². The van der Waals surface area contributed by atoms with E-state index in [1.54, 1.807) is 6.21 Å². The quantitative estimate of drug-likeness (QED) is 0.324. The average Bonchev–Trinajstić information content (AvgIpc) is 3.41. The topological polar surface area (TPSA) is 144 Å². The summed E-state index contributed by atoms with van der Waals surface area (Å²) in [5.74, 6) is 1.62. The first kappa shape index (κ1) is 26.1. The van der Waals surface area contributed by atoms with Gasteiger partial charge in [-0.15, -0.1) is 0 Å². The van der Waals surface area contributed by atoms with Crippen LogP contribution < -0.4 is 26.4 Å². The molecule has 1 saturated heterocycles. The molecule has 0 amide bonds. The summed E-state index contributed by atoms with van der Waals surface area (Å²) in [5.41, 5.74) is 16.9. The zero-order valence-electron chi connectivity index (χ0n) is 21.2. The normalized spacial score (nSPS) is 17.3. The number of benzene rings is 1. The van der Waals surface area contributed by atoms with Crippen LogP contribution in [-0.4, -0.2) is 66.8 Å². The van der Waals surface area contributed by atoms with Gasteiger partial charge in [-0.05, 0) is 36.8 Å². The molecule has 1 aromatic carbocycles. The average molecular weight is 498 g/mol. The Morgan fingerprint density at radius 2 is 2.08 bits per heavy atom. The van der Waals surface area contributed by atoms with E-state index in [1.165, 1.54) is 11.1 Å². The van der Waals surface area contributed by atoms with Gasteiger partial charge in [-0.2, -0.15) is 4.98 Å². The minimum Gasteiger partial charge on any atom is -0.493 e. The number of hydrogen-bond donors (Lipinski definition) is 4. The Morgan fingerprint density at radius 3 is 2.86 bits per heavy atom. The van der Waals surface area contributed by atoms with Gasteiger partial charge < -0.3 is 36.3 Å². The summed E-state index contributed by atoms with van der Waals surface area (Å²) in [7, 11) is 0. The summed E-state index contributed by atoms with van der Waals surface area (Å²) in [5, 5.41) is 13.1. The van der Waals surface area contributed by atoms with E-state index in [1.807, 2.05) is 4.90 Å². The van der Waals surface area contributed by atoms with E-state index in [4.69, 9.17) is 20.9 Å². The fourth-order valence-electron chi connectivity index (χ4n) is 4.69. The Morgan fingerprint density at radius 1 is 1.22 bits per heavy atom. The smallest absolute Gasteiger partial charge is 0.222 e. The number of hydrogen-bond acceptors (Lipinski definition) is 10. The maximum Gasteiger partial charge on any atom is 0.222 e. The first-order chi connectivity index (χ1) is 17.6. The standard InChI is InChI=1S/C26H39N7O3/c1-2-3-9-33(10-11-34)25-23(27)22(31-26(28)32-25)16-29-14-19-7-6-18(15-30-20-8-13-35-17-20)21-5-4-12-36-24(19)21/h6-7,16,20,30,34H,2-5,8-15,17,27H2,1H3,(H2,28,31,32)/t20-/m0/s1. The van der Waals surface area contributed by atoms with Crippen LogP contribution in [0, 0.1) is 0 Å². The van der Waals surface area contributed by atoms with E-state index < -0.39 is 0 Å². The molecule has 0 bridgehead atoms. The third kappa shape index (κ3) is 6.43. The van der Waals surface area contributed by atoms with Crippen LogP contribution in [0.15, 0.2) is 17.1 Å². The van der Waals surface area contributed by atoms with E-state index in [9.17, 15) is 5.11 Å². The SMILES string of the molecule is CCCCN(CCO)c1nc(N)nc(C=NCc2ccc(CN[C@H]3CCOC3)c3c2OCCC3)c1N. The van der Waals surface area contributed by atoms with Crippen LogP contribution in [0.25, 0.3) is 0 Å². The molecule has 0 aliphatic carbocycles. The van der Waals surface area contributed by atoms with Crippen molar-refractivity contribution in [2.75, 3.05) is 55.9 Å². The minimum absolute atomic E-state index is 0.00153. The number of nitrogens with zero attached hydrogens (tertiary/aromatic N) is 4. The van der Waals surface area contributed by atoms with Crippen molar-refractivity contribution >= 4 is 23.7 Å². The van der Waals surface area contributed by atoms with Crippen LogP contribution in [0.5, 0.6) is 5.75 Å². The molecule has 0 spiro atoms. The summed E-state index contributed by atoms with van der Waals surface area (Å²) >= 11 is 0. The Kier molecular flexibility index (Phi) is 9.32. The van der Waals surface area contributed by atoms with Crippen molar-refractivity contribution in [1.82, 2.24) is 15.3 Å². The van der Waals surface area contributed by atoms with Crippen LogP contribution in [-0.2, 0) is 24.2 Å². The van der Waals surface area contributed by atoms with Crippen molar-refractivity contribution in [3.63, 3.8) is 0 Å². The first-order valence-electron chi connectivity index (χ1n) is 13.0. The summed E-state index contributed by atoms with van der Waals surface area (Å²) in [4.78, 5) is 15.2. The van der Waals surface area contributed by atoms with Crippen LogP contribution in [0.1, 0.15) is 55.0 Å². The number of rotatable bonds is 12. The van der Waals surface area contributed by atoms with Gasteiger partial charge in [0.05, 0.1) is 26.4 Å². The number of fused-ring (bicyclic) bond motifs is 1. The van der Waals surface area contributed by atoms with Crippen LogP contribution in [0.3, 0.4) is 0 Å². The number of aliphatic imine (C=N–C) groups is 1. The molecule has 3 heterocycles. The van der Waals surface area contributed by atoms with Crippen LogP contribution in [0.2, 0.25) is 0 Å². The maximum atomic E-state index is 9.49. The highest BCUT2D eigenvalue weighted by Gasteiger charge is 2.21. The second kappa shape index (κ2) is 12.8. The molecule has 1 aromatic heterocycles. The molecule has 2 aliphatic heterocycles. The number of nitrogens with two attached hydrogens (primary N) is 2. The summed E-state index contributed by atoms with van der Waals surface area (Å²) < 4.78 is 11.6. The zero-order valence-corrected chi connectivity index (χ0v) is 21.2. The number of aliphatic hydroxyl groups is 1. The van der Waals surface area contributed by atoms with Crippen molar-refractivity contribution < 1.29 is 14.6 Å². The lowest BCUT2D eigenvalue weighted by Gasteiger charge is -2.24. The maximum absolute atomic E-state index is 9.49. The molecule has 4 rings (SSSR count). The van der Waals surface area contributed by atoms with Crippen molar-refractivity contribution in [3.8, 4) is 5.75 Å². The van der Waals surface area contributed by atoms with Gasteiger partial charge in [-0.1, -0.05) is 25.5 Å². The van der Waals surface area contributed by atoms with E-state index in [2.05, 4.69) is 39.3 Å². The number of aromatic nitrogens is 2. The first-order valence-corrected chi connectivity index (χ1v) is 13.0. The van der Waals surface area contributed by atoms with Gasteiger partial charge in [0, 0.05) is 44.1 Å². The lowest BCUT2D eigenvalue weighted by atomic mass is 9.96. The van der Waals surface area contributed by atoms with Gasteiger partial charge in [0.15, 0.2) is 5.82 Å². The largest absolute Gasteiger partial charge is 0.493 e. The monoisotopic (exact) mass is 497 g/mol. The molecular formula is C26H39N7O3. The Bertz CT molecular complexity index is 1040. The number of aliphatic hydroxyl groups excluding tert-OH is 1. The molecule has 196 valence electrons. The third-order valence-corrected chi connectivity index (χ3v) is 6.67. The van der Waals surface area contributed by atoms with Gasteiger partial charge in [0.2, 0.25) is 5.95 Å². The molecule has 0 saturated carbocycles. The van der Waals surface area contributed by atoms with E-state index >= 15 is 0 Å². The highest BCUT2D eigenvalue weighted by atomic mass is 16.5.